The number of nitrogens with one attached hydrogen (secondary N) is 2. The monoisotopic (exact) mass is 854 g/mol. The SMILES string of the molecule is COC(=O)c1ccccc1NC(=O)c1ccc(Oc2ccc3ccccc3c2)c(N)c1.COC(=O)c1ccccc1NC(=O)c1ccc(Oc2ccc3ccccc3c2)c([N+](=O)[O-])c1. The zero-order chi connectivity index (χ0) is 45.2. The van der Waals surface area contributed by atoms with Crippen molar-refractivity contribution in [3.63, 3.8) is 0 Å². The Kier molecular flexibility index (Phi) is 13.2. The van der Waals surface area contributed by atoms with Gasteiger partial charge in [0.15, 0.2) is 0 Å². The highest BCUT2D eigenvalue weighted by molar-refractivity contribution is 6.09. The topological polar surface area (TPSA) is 198 Å². The third-order valence-corrected chi connectivity index (χ3v) is 9.75. The predicted molar refractivity (Wildman–Crippen MR) is 243 cm³/mol. The largest absolute Gasteiger partial charge is 0.465 e. The smallest absolute Gasteiger partial charge is 0.339 e. The van der Waals surface area contributed by atoms with Gasteiger partial charge >= 0.3 is 17.6 Å². The molecule has 8 rings (SSSR count). The molecule has 14 heteroatoms. The summed E-state index contributed by atoms with van der Waals surface area (Å²) >= 11 is 0. The van der Waals surface area contributed by atoms with Gasteiger partial charge < -0.3 is 35.3 Å². The molecule has 0 atom stereocenters. The quantitative estimate of drug-likeness (QED) is 0.0484. The van der Waals surface area contributed by atoms with E-state index in [1.165, 1.54) is 44.6 Å². The molecule has 0 heterocycles. The van der Waals surface area contributed by atoms with Crippen LogP contribution in [-0.2, 0) is 9.47 Å². The zero-order valence-corrected chi connectivity index (χ0v) is 34.3. The number of rotatable bonds is 11. The van der Waals surface area contributed by atoms with Crippen LogP contribution in [0.5, 0.6) is 23.0 Å². The van der Waals surface area contributed by atoms with E-state index in [1.54, 1.807) is 60.7 Å². The van der Waals surface area contributed by atoms with Crippen LogP contribution in [0.15, 0.2) is 170 Å². The normalized spacial score (nSPS) is 10.5. The molecule has 0 spiro atoms. The maximum absolute atomic E-state index is 12.7. The van der Waals surface area contributed by atoms with E-state index in [0.29, 0.717) is 34.2 Å². The second kappa shape index (κ2) is 19.6. The van der Waals surface area contributed by atoms with Crippen molar-refractivity contribution >= 4 is 68.0 Å². The van der Waals surface area contributed by atoms with E-state index >= 15 is 0 Å². The lowest BCUT2D eigenvalue weighted by Crippen LogP contribution is -2.15. The first kappa shape index (κ1) is 43.1. The summed E-state index contributed by atoms with van der Waals surface area (Å²) < 4.78 is 21.2. The fourth-order valence-corrected chi connectivity index (χ4v) is 6.54. The van der Waals surface area contributed by atoms with Gasteiger partial charge in [0.25, 0.3) is 11.8 Å². The number of nitrogens with two attached hydrogens (primary N) is 1. The highest BCUT2D eigenvalue weighted by Crippen LogP contribution is 2.34. The van der Waals surface area contributed by atoms with Gasteiger partial charge in [0.1, 0.15) is 17.2 Å². The van der Waals surface area contributed by atoms with E-state index in [-0.39, 0.29) is 33.8 Å². The number of benzene rings is 8. The van der Waals surface area contributed by atoms with Crippen LogP contribution in [0.1, 0.15) is 41.4 Å². The van der Waals surface area contributed by atoms with Crippen LogP contribution in [0.2, 0.25) is 0 Å². The summed E-state index contributed by atoms with van der Waals surface area (Å²) in [5, 5.41) is 21.1. The molecule has 8 aromatic carbocycles. The number of fused-ring (bicyclic) bond motifs is 2. The fourth-order valence-electron chi connectivity index (χ4n) is 6.54. The molecule has 0 bridgehead atoms. The molecule has 0 saturated heterocycles. The molecule has 0 fully saturated rings. The number of ether oxygens (including phenoxy) is 4. The summed E-state index contributed by atoms with van der Waals surface area (Å²) in [6.07, 6.45) is 0. The van der Waals surface area contributed by atoms with E-state index in [9.17, 15) is 29.3 Å². The molecule has 0 aliphatic rings. The van der Waals surface area contributed by atoms with E-state index < -0.39 is 28.7 Å². The molecule has 14 nitrogen and oxygen atoms in total. The summed E-state index contributed by atoms with van der Waals surface area (Å²) in [4.78, 5) is 60.3. The third kappa shape index (κ3) is 10.1. The molecule has 64 heavy (non-hydrogen) atoms. The van der Waals surface area contributed by atoms with Crippen molar-refractivity contribution in [1.82, 2.24) is 0 Å². The third-order valence-electron chi connectivity index (χ3n) is 9.75. The highest BCUT2D eigenvalue weighted by atomic mass is 16.6. The minimum atomic E-state index is -0.619. The second-order valence-corrected chi connectivity index (χ2v) is 13.9. The summed E-state index contributed by atoms with van der Waals surface area (Å²) in [7, 11) is 2.52. The van der Waals surface area contributed by atoms with Crippen molar-refractivity contribution in [3.05, 3.63) is 202 Å². The molecular weight excluding hydrogens is 817 g/mol. The van der Waals surface area contributed by atoms with Crippen LogP contribution in [0.4, 0.5) is 22.7 Å². The number of carbonyl (C=O) groups is 4. The maximum Gasteiger partial charge on any atom is 0.339 e. The van der Waals surface area contributed by atoms with Crippen molar-refractivity contribution in [2.24, 2.45) is 0 Å². The first-order valence-electron chi connectivity index (χ1n) is 19.5. The number of para-hydroxylation sites is 2. The average Bonchev–Trinajstić information content (AvgIpc) is 3.32. The zero-order valence-electron chi connectivity index (χ0n) is 34.3. The lowest BCUT2D eigenvalue weighted by Gasteiger charge is -2.12. The second-order valence-electron chi connectivity index (χ2n) is 13.9. The summed E-state index contributed by atoms with van der Waals surface area (Å²) in [5.74, 6) is -0.642. The van der Waals surface area contributed by atoms with Crippen molar-refractivity contribution in [2.45, 2.75) is 0 Å². The van der Waals surface area contributed by atoms with Crippen LogP contribution in [0, 0.1) is 10.1 Å². The van der Waals surface area contributed by atoms with Gasteiger partial charge in [-0.05, 0) is 100 Å². The number of nitro groups is 1. The fraction of sp³-hybridized carbons (Fsp3) is 0.0400. The predicted octanol–water partition coefficient (Wildman–Crippen LogP) is 10.8. The molecule has 318 valence electrons. The van der Waals surface area contributed by atoms with Gasteiger partial charge in [-0.2, -0.15) is 0 Å². The van der Waals surface area contributed by atoms with Gasteiger partial charge in [-0.25, -0.2) is 9.59 Å². The lowest BCUT2D eigenvalue weighted by molar-refractivity contribution is -0.385. The number of esters is 2. The lowest BCUT2D eigenvalue weighted by atomic mass is 10.1. The van der Waals surface area contributed by atoms with Crippen LogP contribution in [0.25, 0.3) is 21.5 Å². The summed E-state index contributed by atoms with van der Waals surface area (Å²) in [6, 6.07) is 48.4. The molecule has 0 aliphatic heterocycles. The molecule has 2 amide bonds. The standard InChI is InChI=1S/C25H18N2O6.C25H20N2O4/c1-32-25(29)20-8-4-5-9-21(20)26-24(28)18-11-13-23(22(15-18)27(30)31)33-19-12-10-16-6-2-3-7-17(16)14-19;1-30-25(29)20-8-4-5-9-22(20)27-24(28)18-11-13-23(21(26)15-18)31-19-12-10-16-6-2-3-7-17(16)14-19/h2-15H,1H3,(H,26,28);2-15H,26H2,1H3,(H,27,28). The highest BCUT2D eigenvalue weighted by Gasteiger charge is 2.22. The number of anilines is 3. The van der Waals surface area contributed by atoms with E-state index in [4.69, 9.17) is 24.7 Å². The molecule has 8 aromatic rings. The molecule has 0 aromatic heterocycles. The molecule has 0 saturated carbocycles. The number of hydrogen-bond acceptors (Lipinski definition) is 11. The van der Waals surface area contributed by atoms with Crippen LogP contribution in [-0.4, -0.2) is 42.9 Å². The van der Waals surface area contributed by atoms with Gasteiger partial charge in [-0.1, -0.05) is 84.9 Å². The number of nitrogens with zero attached hydrogens (tertiary/aromatic N) is 1. The maximum atomic E-state index is 12.7. The molecular formula is C50H38N4O10. The molecule has 0 aliphatic carbocycles. The number of methoxy groups -OCH3 is 2. The molecule has 0 unspecified atom stereocenters. The van der Waals surface area contributed by atoms with Gasteiger partial charge in [-0.3, -0.25) is 19.7 Å². The Bertz CT molecular complexity index is 3080. The van der Waals surface area contributed by atoms with Crippen LogP contribution >= 0.6 is 0 Å². The Morgan fingerprint density at radius 2 is 0.922 bits per heavy atom. The molecule has 0 radical (unpaired) electrons. The van der Waals surface area contributed by atoms with E-state index in [0.717, 1.165) is 27.6 Å². The van der Waals surface area contributed by atoms with Crippen molar-refractivity contribution in [2.75, 3.05) is 30.6 Å². The number of nitrogen functional groups attached to an aromatic ring is 1. The minimum Gasteiger partial charge on any atom is -0.465 e. The average molecular weight is 855 g/mol. The van der Waals surface area contributed by atoms with Crippen molar-refractivity contribution in [1.29, 1.82) is 0 Å². The number of hydrogen-bond donors (Lipinski definition) is 3. The first-order valence-corrected chi connectivity index (χ1v) is 19.5. The Balaban J connectivity index is 0.000000192. The molecule has 4 N–H and O–H groups in total. The Morgan fingerprint density at radius 3 is 1.39 bits per heavy atom. The number of carbonyl (C=O) groups excluding carboxylic acids is 4. The van der Waals surface area contributed by atoms with Crippen LogP contribution in [0.3, 0.4) is 0 Å². The van der Waals surface area contributed by atoms with Gasteiger partial charge in [0.05, 0.1) is 47.3 Å². The first-order chi connectivity index (χ1) is 31.0. The minimum absolute atomic E-state index is 0.00166. The number of amides is 2. The van der Waals surface area contributed by atoms with Crippen LogP contribution < -0.4 is 25.8 Å². The number of nitro benzene ring substituents is 1. The summed E-state index contributed by atoms with van der Waals surface area (Å²) in [6.45, 7) is 0. The van der Waals surface area contributed by atoms with E-state index in [1.807, 2.05) is 72.8 Å². The Labute approximate surface area is 365 Å². The van der Waals surface area contributed by atoms with E-state index in [2.05, 4.69) is 10.6 Å². The Hall–Kier alpha value is -9.04. The Morgan fingerprint density at radius 1 is 0.500 bits per heavy atom. The van der Waals surface area contributed by atoms with Crippen molar-refractivity contribution in [3.8, 4) is 23.0 Å². The van der Waals surface area contributed by atoms with Gasteiger partial charge in [-0.15, -0.1) is 0 Å². The van der Waals surface area contributed by atoms with Crippen molar-refractivity contribution < 1.29 is 43.0 Å². The summed E-state index contributed by atoms with van der Waals surface area (Å²) in [5.41, 5.74) is 7.48. The van der Waals surface area contributed by atoms with Gasteiger partial charge in [0, 0.05) is 17.2 Å². The van der Waals surface area contributed by atoms with Gasteiger partial charge in [0.2, 0.25) is 5.75 Å².